The number of anilines is 1. The molecule has 140 valence electrons. The molecule has 0 unspecified atom stereocenters. The van der Waals surface area contributed by atoms with Gasteiger partial charge in [-0.2, -0.15) is 0 Å². The maximum absolute atomic E-state index is 11.5. The Balaban J connectivity index is 0.000000596. The normalized spacial score (nSPS) is 9.85. The number of carboxylic acid groups (broad SMARTS) is 1. The van der Waals surface area contributed by atoms with E-state index in [-0.39, 0.29) is 0 Å². The lowest BCUT2D eigenvalue weighted by molar-refractivity contribution is -0.107. The monoisotopic (exact) mass is 401 g/mol. The molecule has 3 rings (SSSR count). The molecule has 1 heterocycles. The number of aromatic carboxylic acids is 1. The van der Waals surface area contributed by atoms with Gasteiger partial charge in [-0.25, -0.2) is 4.79 Å². The van der Waals surface area contributed by atoms with Gasteiger partial charge in [0.05, 0.1) is 5.69 Å². The van der Waals surface area contributed by atoms with Crippen molar-refractivity contribution in [3.63, 3.8) is 0 Å². The molecule has 27 heavy (non-hydrogen) atoms. The fourth-order valence-electron chi connectivity index (χ4n) is 2.23. The van der Waals surface area contributed by atoms with Gasteiger partial charge in [-0.15, -0.1) is 11.3 Å². The number of carboxylic acids is 1. The van der Waals surface area contributed by atoms with E-state index in [9.17, 15) is 14.7 Å². The Morgan fingerprint density at radius 3 is 2.33 bits per heavy atom. The molecule has 0 spiro atoms. The highest BCUT2D eigenvalue weighted by molar-refractivity contribution is 7.18. The number of nitrogens with one attached hydrogen (secondary N) is 1. The third kappa shape index (κ3) is 6.24. The molecule has 0 radical (unpaired) electrons. The number of benzene rings is 2. The van der Waals surface area contributed by atoms with E-state index in [0.717, 1.165) is 22.3 Å². The van der Waals surface area contributed by atoms with Crippen LogP contribution >= 0.6 is 22.9 Å². The molecule has 0 aliphatic rings. The van der Waals surface area contributed by atoms with Crippen LogP contribution in [-0.2, 0) is 11.3 Å². The maximum Gasteiger partial charge on any atom is 0.348 e. The molecule has 0 fully saturated rings. The lowest BCUT2D eigenvalue weighted by Gasteiger charge is -2.05. The SMILES string of the molecule is CCC=O.O=C(O)c1sc(-c2ccccc2)cc1NCc1ccc(Cl)cc1. The summed E-state index contributed by atoms with van der Waals surface area (Å²) < 4.78 is 0. The van der Waals surface area contributed by atoms with Crippen molar-refractivity contribution in [1.29, 1.82) is 0 Å². The van der Waals surface area contributed by atoms with Crippen LogP contribution in [0.4, 0.5) is 5.69 Å². The first-order valence-electron chi connectivity index (χ1n) is 8.39. The van der Waals surface area contributed by atoms with Crippen LogP contribution in [0.3, 0.4) is 0 Å². The Morgan fingerprint density at radius 2 is 1.78 bits per heavy atom. The summed E-state index contributed by atoms with van der Waals surface area (Å²) in [5.74, 6) is -0.921. The topological polar surface area (TPSA) is 66.4 Å². The zero-order valence-corrected chi connectivity index (χ0v) is 16.4. The van der Waals surface area contributed by atoms with E-state index in [1.54, 1.807) is 0 Å². The van der Waals surface area contributed by atoms with Crippen LogP contribution in [0.1, 0.15) is 28.6 Å². The number of aldehydes is 1. The molecule has 2 aromatic carbocycles. The van der Waals surface area contributed by atoms with E-state index in [1.165, 1.54) is 11.3 Å². The highest BCUT2D eigenvalue weighted by Crippen LogP contribution is 2.35. The molecule has 3 aromatic rings. The van der Waals surface area contributed by atoms with E-state index in [2.05, 4.69) is 5.32 Å². The zero-order chi connectivity index (χ0) is 19.6. The van der Waals surface area contributed by atoms with Gasteiger partial charge in [0.15, 0.2) is 0 Å². The van der Waals surface area contributed by atoms with Gasteiger partial charge in [0, 0.05) is 22.9 Å². The van der Waals surface area contributed by atoms with Crippen molar-refractivity contribution >= 4 is 40.9 Å². The summed E-state index contributed by atoms with van der Waals surface area (Å²) in [6.07, 6.45) is 1.51. The molecule has 0 aliphatic carbocycles. The number of thiophene rings is 1. The summed E-state index contributed by atoms with van der Waals surface area (Å²) in [7, 11) is 0. The van der Waals surface area contributed by atoms with Gasteiger partial charge in [0.25, 0.3) is 0 Å². The lowest BCUT2D eigenvalue weighted by Crippen LogP contribution is -2.03. The zero-order valence-electron chi connectivity index (χ0n) is 14.8. The van der Waals surface area contributed by atoms with Gasteiger partial charge in [-0.05, 0) is 29.3 Å². The molecule has 0 saturated heterocycles. The Bertz CT molecular complexity index is 876. The van der Waals surface area contributed by atoms with Crippen LogP contribution in [-0.4, -0.2) is 17.4 Å². The second-order valence-corrected chi connectivity index (χ2v) is 7.07. The summed E-state index contributed by atoms with van der Waals surface area (Å²) in [6.45, 7) is 2.36. The summed E-state index contributed by atoms with van der Waals surface area (Å²) in [4.78, 5) is 21.9. The summed E-state index contributed by atoms with van der Waals surface area (Å²) in [6, 6.07) is 19.1. The number of hydrogen-bond donors (Lipinski definition) is 2. The largest absolute Gasteiger partial charge is 0.477 e. The number of rotatable bonds is 6. The quantitative estimate of drug-likeness (QED) is 0.499. The molecule has 4 nitrogen and oxygen atoms in total. The molecular weight excluding hydrogens is 382 g/mol. The van der Waals surface area contributed by atoms with Gasteiger partial charge >= 0.3 is 5.97 Å². The summed E-state index contributed by atoms with van der Waals surface area (Å²) in [5, 5.41) is 13.3. The van der Waals surface area contributed by atoms with Gasteiger partial charge in [0.2, 0.25) is 0 Å². The third-order valence-electron chi connectivity index (χ3n) is 3.55. The Hall–Kier alpha value is -2.63. The van der Waals surface area contributed by atoms with Crippen LogP contribution in [0, 0.1) is 0 Å². The molecule has 0 saturated carbocycles. The van der Waals surface area contributed by atoms with Gasteiger partial charge in [-0.3, -0.25) is 0 Å². The van der Waals surface area contributed by atoms with Crippen LogP contribution in [0.5, 0.6) is 0 Å². The molecule has 0 aliphatic heterocycles. The van der Waals surface area contributed by atoms with Crippen LogP contribution in [0.2, 0.25) is 5.02 Å². The van der Waals surface area contributed by atoms with Crippen LogP contribution in [0.25, 0.3) is 10.4 Å². The Kier molecular flexibility index (Phi) is 8.04. The molecule has 0 amide bonds. The van der Waals surface area contributed by atoms with E-state index < -0.39 is 5.97 Å². The third-order valence-corrected chi connectivity index (χ3v) is 4.97. The predicted molar refractivity (Wildman–Crippen MR) is 112 cm³/mol. The number of carbonyl (C=O) groups is 2. The predicted octanol–water partition coefficient (Wildman–Crippen LogP) is 5.97. The second kappa shape index (κ2) is 10.5. The van der Waals surface area contributed by atoms with E-state index in [1.807, 2.05) is 67.6 Å². The average molecular weight is 402 g/mol. The summed E-state index contributed by atoms with van der Waals surface area (Å²) >= 11 is 7.15. The maximum atomic E-state index is 11.5. The molecule has 0 bridgehead atoms. The minimum atomic E-state index is -0.921. The van der Waals surface area contributed by atoms with E-state index in [0.29, 0.717) is 28.6 Å². The molecule has 0 atom stereocenters. The van der Waals surface area contributed by atoms with Crippen molar-refractivity contribution in [3.05, 3.63) is 76.1 Å². The van der Waals surface area contributed by atoms with Gasteiger partial charge in [0.1, 0.15) is 11.2 Å². The standard InChI is InChI=1S/C18H14ClNO2S.C3H6O/c19-14-8-6-12(7-9-14)11-20-15-10-16(23-17(15)18(21)22)13-4-2-1-3-5-13;1-2-3-4/h1-10,20H,11H2,(H,21,22);3H,2H2,1H3. The van der Waals surface area contributed by atoms with Crippen LogP contribution in [0.15, 0.2) is 60.7 Å². The summed E-state index contributed by atoms with van der Waals surface area (Å²) in [5.41, 5.74) is 2.69. The van der Waals surface area contributed by atoms with Crippen molar-refractivity contribution in [2.75, 3.05) is 5.32 Å². The Labute approximate surface area is 167 Å². The van der Waals surface area contributed by atoms with Crippen molar-refractivity contribution in [2.45, 2.75) is 19.9 Å². The Morgan fingerprint density at radius 1 is 1.15 bits per heavy atom. The molecule has 1 aromatic heterocycles. The number of carbonyl (C=O) groups excluding carboxylic acids is 1. The number of hydrogen-bond acceptors (Lipinski definition) is 4. The van der Waals surface area contributed by atoms with Crippen molar-refractivity contribution < 1.29 is 14.7 Å². The van der Waals surface area contributed by atoms with Crippen molar-refractivity contribution in [1.82, 2.24) is 0 Å². The fourth-order valence-corrected chi connectivity index (χ4v) is 3.33. The van der Waals surface area contributed by atoms with Crippen molar-refractivity contribution in [3.8, 4) is 10.4 Å². The smallest absolute Gasteiger partial charge is 0.348 e. The first kappa shape index (κ1) is 20.7. The first-order chi connectivity index (χ1) is 13.0. The van der Waals surface area contributed by atoms with Gasteiger partial charge < -0.3 is 15.2 Å². The second-order valence-electron chi connectivity index (χ2n) is 5.58. The van der Waals surface area contributed by atoms with Gasteiger partial charge in [-0.1, -0.05) is 61.0 Å². The first-order valence-corrected chi connectivity index (χ1v) is 9.59. The molecule has 2 N–H and O–H groups in total. The van der Waals surface area contributed by atoms with E-state index in [4.69, 9.17) is 11.6 Å². The van der Waals surface area contributed by atoms with E-state index >= 15 is 0 Å². The average Bonchev–Trinajstić information content (AvgIpc) is 3.13. The highest BCUT2D eigenvalue weighted by atomic mass is 35.5. The number of halogens is 1. The minimum absolute atomic E-state index is 0.317. The minimum Gasteiger partial charge on any atom is -0.477 e. The molecule has 6 heteroatoms. The van der Waals surface area contributed by atoms with Crippen molar-refractivity contribution in [2.24, 2.45) is 0 Å². The van der Waals surface area contributed by atoms with Crippen LogP contribution < -0.4 is 5.32 Å². The lowest BCUT2D eigenvalue weighted by atomic mass is 10.2. The fraction of sp³-hybridized carbons (Fsp3) is 0.143. The molecular formula is C21H20ClNO3S. The highest BCUT2D eigenvalue weighted by Gasteiger charge is 2.16.